The highest BCUT2D eigenvalue weighted by Gasteiger charge is 2.44. The molecule has 12 aliphatic rings. The van der Waals surface area contributed by atoms with E-state index in [1.807, 2.05) is 35.1 Å². The number of likely N-dealkylation sites (N-methyl/N-ethyl adjacent to an activating group) is 4. The fraction of sp³-hybridized carbons (Fsp3) is 0.897. The molecule has 0 aromatic rings. The fourth-order valence-corrected chi connectivity index (χ4v) is 22.2. The van der Waals surface area contributed by atoms with Crippen LogP contribution in [0, 0.1) is 63.2 Å². The van der Waals surface area contributed by atoms with Gasteiger partial charge in [0.05, 0.1) is 36.8 Å². The second kappa shape index (κ2) is 59.4. The number of nitrogens with one attached hydrogen (secondary N) is 3. The summed E-state index contributed by atoms with van der Waals surface area (Å²) in [7, 11) is 13.7. The molecule has 138 heavy (non-hydrogen) atoms. The van der Waals surface area contributed by atoms with Crippen molar-refractivity contribution in [2.75, 3.05) is 174 Å². The van der Waals surface area contributed by atoms with E-state index in [1.54, 1.807) is 33.6 Å². The first-order valence-corrected chi connectivity index (χ1v) is 55.7. The van der Waals surface area contributed by atoms with Crippen molar-refractivity contribution in [1.29, 1.82) is 10.5 Å². The predicted octanol–water partition coefficient (Wildman–Crippen LogP) is 20.3. The van der Waals surface area contributed by atoms with Crippen LogP contribution in [-0.4, -0.2) is 338 Å². The molecule has 0 bridgehead atoms. The third-order valence-electron chi connectivity index (χ3n) is 31.9. The van der Waals surface area contributed by atoms with Gasteiger partial charge in [0.25, 0.3) is 0 Å². The van der Waals surface area contributed by atoms with Gasteiger partial charge in [-0.1, -0.05) is 97.3 Å². The van der Waals surface area contributed by atoms with Crippen molar-refractivity contribution in [3.8, 4) is 12.1 Å². The molecule has 12 rings (SSSR count). The number of fused-ring (bicyclic) bond motifs is 1. The van der Waals surface area contributed by atoms with Crippen molar-refractivity contribution >= 4 is 17.7 Å². The summed E-state index contributed by atoms with van der Waals surface area (Å²) in [5.41, 5.74) is 13.6. The van der Waals surface area contributed by atoms with Crippen LogP contribution in [0.15, 0.2) is 34.9 Å². The maximum atomic E-state index is 12.3. The number of hydrogen-bond donors (Lipinski definition) is 4. The maximum absolute atomic E-state index is 12.3. The van der Waals surface area contributed by atoms with Crippen molar-refractivity contribution in [2.24, 2.45) is 39.7 Å². The molecular formula is C116H219N19O3. The van der Waals surface area contributed by atoms with Crippen LogP contribution >= 0.6 is 0 Å². The van der Waals surface area contributed by atoms with Crippen LogP contribution in [-0.2, 0) is 14.4 Å². The van der Waals surface area contributed by atoms with Gasteiger partial charge < -0.3 is 46.1 Å². The maximum Gasteiger partial charge on any atom is 0.239 e. The molecule has 22 heteroatoms. The van der Waals surface area contributed by atoms with Crippen LogP contribution < -0.4 is 21.7 Å². The average molecular weight is 1930 g/mol. The monoisotopic (exact) mass is 1930 g/mol. The summed E-state index contributed by atoms with van der Waals surface area (Å²) in [6.07, 6.45) is 45.0. The lowest BCUT2D eigenvalue weighted by molar-refractivity contribution is -0.135. The summed E-state index contributed by atoms with van der Waals surface area (Å²) in [5.74, 6) is 3.26. The number of piperidine rings is 4. The lowest BCUT2D eigenvalue weighted by atomic mass is 9.86. The minimum absolute atomic E-state index is 0.112. The van der Waals surface area contributed by atoms with E-state index in [2.05, 4.69) is 280 Å². The van der Waals surface area contributed by atoms with E-state index in [0.717, 1.165) is 109 Å². The van der Waals surface area contributed by atoms with E-state index in [4.69, 9.17) is 22.8 Å². The molecule has 5 N–H and O–H groups in total. The van der Waals surface area contributed by atoms with Gasteiger partial charge in [0.15, 0.2) is 0 Å². The van der Waals surface area contributed by atoms with Gasteiger partial charge in [0.1, 0.15) is 0 Å². The molecular weight excluding hydrogens is 1710 g/mol. The SMILES string of the molecule is CC(C)(C)CC=C1CCC(N)CC1.CC(C)(C)CC=C1CCC(NCCC#N)CC1.CN(C)C(=O)[C@@H]1CCCN1C1CCN(C(C)(C)C)CC1.CN(C)C(=O)[C@@H]1CCCN1CC1CCN(C(C)(C)C)CC1.CN(CCC#N)C1CCC(=CCC(C)(C)C)CC1.CN1CCC2CN(C(C)(C)C)CC21.CNC(=O)[C@@H]1CCCN1CC1CCN(C(C)(C)C)CC1.[C-]#[N+]C(C)CNC1CCN(C(C)(C)C)CC1. The Bertz CT molecular complexity index is 3640. The second-order valence-electron chi connectivity index (χ2n) is 52.8. The van der Waals surface area contributed by atoms with Crippen LogP contribution in [0.4, 0.5) is 0 Å². The normalized spacial score (nSPS) is 25.4. The Morgan fingerprint density at radius 3 is 1.23 bits per heavy atom. The molecule has 3 aliphatic carbocycles. The average Bonchev–Trinajstić information content (AvgIpc) is 1.63. The summed E-state index contributed by atoms with van der Waals surface area (Å²) < 4.78 is 0. The van der Waals surface area contributed by atoms with Crippen molar-refractivity contribution in [3.05, 3.63) is 46.4 Å². The fourth-order valence-electron chi connectivity index (χ4n) is 22.2. The van der Waals surface area contributed by atoms with Gasteiger partial charge in [-0.15, -0.1) is 0 Å². The minimum atomic E-state index is 0.112. The Balaban J connectivity index is 0.000000280. The first-order valence-electron chi connectivity index (χ1n) is 55.7. The smallest absolute Gasteiger partial charge is 0.239 e. The molecule has 9 heterocycles. The standard InChI is InChI=1S/C17H33N3O.2C16H31N3O.C16H28N2.C15H26N2.C13H25N3.C12H23N.C11H22N2/c1-17(2,3)20-11-8-14(9-12-20)13-19-10-6-7-15(19)16(21)18(4)5;1-16(2,3)18-11-8-13(9-12-18)19-10-6-7-14(19)15(20)17(4)5;1-16(2,3)19-10-7-13(8-11-19)12-18-9-5-6-14(18)15(20)17-4;1-16(2,3)11-10-14-6-8-15(9-7-14)18(4)13-5-12-17;1-15(2,3)10-9-13-5-7-14(8-6-13)17-12-4-11-16;1-11(14-5)10-15-12-6-8-16(9-7-12)13(2,3)4;1-12(2,3)9-8-10-4-6-11(13)7-5-10;1-11(2,3)13-7-9-5-6-12(4)10(9)8-13/h14-15H,6-13H2,1-5H3;13-14H,6-12H2,1-5H3;13-14H,5-12H2,1-4H3,(H,17,20);10,15H,5-9,11,13H2,1-4H3;9,14,17H,4-8,10,12H2,1-3H3;11-12,15H,6-10H2,1-4H3;8,11H,4-7,9,13H2,1-3H3;9-10H,5-8H2,1-4H3/t15-;2*14-;;;;;/m000...../s1. The second-order valence-corrected chi connectivity index (χ2v) is 52.8. The van der Waals surface area contributed by atoms with E-state index in [1.165, 1.54) is 232 Å². The Labute approximate surface area is 851 Å². The highest BCUT2D eigenvalue weighted by molar-refractivity contribution is 5.82. The molecule has 0 radical (unpaired) electrons. The van der Waals surface area contributed by atoms with E-state index < -0.39 is 0 Å². The third-order valence-corrected chi connectivity index (χ3v) is 31.9. The van der Waals surface area contributed by atoms with Crippen molar-refractivity contribution < 1.29 is 14.4 Å². The number of nitrogens with two attached hydrogens (primary N) is 1. The van der Waals surface area contributed by atoms with E-state index in [-0.39, 0.29) is 35.6 Å². The Hall–Kier alpha value is -4.42. The molecule has 0 aromatic carbocycles. The largest absolute Gasteiger partial charge is 0.358 e. The Morgan fingerprint density at radius 1 is 0.457 bits per heavy atom. The minimum Gasteiger partial charge on any atom is -0.358 e. The number of nitriles is 2. The Morgan fingerprint density at radius 2 is 0.833 bits per heavy atom. The van der Waals surface area contributed by atoms with Gasteiger partial charge in [-0.25, -0.2) is 6.57 Å². The van der Waals surface area contributed by atoms with Crippen molar-refractivity contribution in [1.82, 2.24) is 74.7 Å². The molecule has 9 saturated heterocycles. The van der Waals surface area contributed by atoms with Gasteiger partial charge in [-0.2, -0.15) is 10.5 Å². The molecule has 796 valence electrons. The number of rotatable bonds is 20. The van der Waals surface area contributed by atoms with Crippen LogP contribution in [0.25, 0.3) is 4.85 Å². The molecule has 9 aliphatic heterocycles. The van der Waals surface area contributed by atoms with Gasteiger partial charge in [-0.05, 0) is 397 Å². The van der Waals surface area contributed by atoms with E-state index >= 15 is 0 Å². The first-order chi connectivity index (χ1) is 64.3. The predicted molar refractivity (Wildman–Crippen MR) is 586 cm³/mol. The molecule has 12 fully saturated rings. The van der Waals surface area contributed by atoms with E-state index in [9.17, 15) is 14.4 Å². The highest BCUT2D eigenvalue weighted by Crippen LogP contribution is 2.38. The van der Waals surface area contributed by atoms with Gasteiger partial charge in [0.2, 0.25) is 23.8 Å². The lowest BCUT2D eigenvalue weighted by Crippen LogP contribution is -2.54. The summed E-state index contributed by atoms with van der Waals surface area (Å²) in [4.78, 5) is 68.6. The van der Waals surface area contributed by atoms with Gasteiger partial charge in [-0.3, -0.25) is 53.6 Å². The number of amides is 3. The molecule has 22 nitrogen and oxygen atoms in total. The van der Waals surface area contributed by atoms with Crippen molar-refractivity contribution in [2.45, 2.75) is 467 Å². The number of likely N-dealkylation sites (tertiary alicyclic amines) is 9. The third kappa shape index (κ3) is 47.0. The molecule has 3 amide bonds. The molecule has 0 spiro atoms. The summed E-state index contributed by atoms with van der Waals surface area (Å²) in [6, 6.07) is 8.77. The zero-order valence-corrected chi connectivity index (χ0v) is 95.8. The van der Waals surface area contributed by atoms with Gasteiger partial charge in [0, 0.05) is 184 Å². The zero-order valence-electron chi connectivity index (χ0n) is 95.8. The topological polar surface area (TPSA) is 204 Å². The number of nitrogens with zero attached hydrogens (tertiary/aromatic N) is 15. The summed E-state index contributed by atoms with van der Waals surface area (Å²) in [5, 5.41) is 26.9. The van der Waals surface area contributed by atoms with Crippen LogP contribution in [0.3, 0.4) is 0 Å². The van der Waals surface area contributed by atoms with Crippen LogP contribution in [0.1, 0.15) is 379 Å². The highest BCUT2D eigenvalue weighted by atomic mass is 16.2. The molecule has 0 aromatic heterocycles. The van der Waals surface area contributed by atoms with E-state index in [0.29, 0.717) is 93.3 Å². The van der Waals surface area contributed by atoms with Crippen molar-refractivity contribution in [3.63, 3.8) is 0 Å². The first kappa shape index (κ1) is 124. The molecule has 3 saturated carbocycles. The van der Waals surface area contributed by atoms with Crippen LogP contribution in [0.5, 0.6) is 0 Å². The van der Waals surface area contributed by atoms with Crippen LogP contribution in [0.2, 0.25) is 0 Å². The number of hydrogen-bond acceptors (Lipinski definition) is 18. The summed E-state index contributed by atoms with van der Waals surface area (Å²) in [6.45, 7) is 85.6. The number of carbonyl (C=O) groups is 3. The quantitative estimate of drug-likeness (QED) is 0.0508. The number of allylic oxidation sites excluding steroid dienone is 6. The Kier molecular flexibility index (Phi) is 53.4. The van der Waals surface area contributed by atoms with Gasteiger partial charge >= 0.3 is 0 Å². The zero-order chi connectivity index (χ0) is 103. The molecule has 3 unspecified atom stereocenters. The lowest BCUT2D eigenvalue weighted by Gasteiger charge is -2.44. The number of carbonyl (C=O) groups excluding carboxylic acids is 3. The summed E-state index contributed by atoms with van der Waals surface area (Å²) >= 11 is 0. The molecule has 6 atom stereocenters.